The second kappa shape index (κ2) is 7.86. The largest absolute Gasteiger partial charge is 0.507 e. The molecule has 0 radical (unpaired) electrons. The Morgan fingerprint density at radius 1 is 1.15 bits per heavy atom. The van der Waals surface area contributed by atoms with Gasteiger partial charge in [0.05, 0.1) is 12.8 Å². The maximum absolute atomic E-state index is 10.5. The average Bonchev–Trinajstić information content (AvgIpc) is 3.00. The van der Waals surface area contributed by atoms with Crippen molar-refractivity contribution in [1.29, 1.82) is 0 Å². The van der Waals surface area contributed by atoms with Crippen molar-refractivity contribution in [2.45, 2.75) is 13.8 Å². The summed E-state index contributed by atoms with van der Waals surface area (Å²) in [4.78, 5) is 0. The maximum Gasteiger partial charge on any atom is 0.176 e. The van der Waals surface area contributed by atoms with Crippen LogP contribution >= 0.6 is 0 Å². The number of benzene rings is 2. The monoisotopic (exact) mass is 366 g/mol. The summed E-state index contributed by atoms with van der Waals surface area (Å²) in [5.74, 6) is 2.45. The molecule has 0 fully saturated rings. The highest BCUT2D eigenvalue weighted by molar-refractivity contribution is 5.74. The van der Waals surface area contributed by atoms with Crippen LogP contribution in [-0.4, -0.2) is 29.0 Å². The number of hydrogen-bond acceptors (Lipinski definition) is 5. The molecule has 0 amide bonds. The van der Waals surface area contributed by atoms with E-state index in [2.05, 4.69) is 16.8 Å². The van der Waals surface area contributed by atoms with Gasteiger partial charge in [0.25, 0.3) is 0 Å². The number of rotatable bonds is 7. The summed E-state index contributed by atoms with van der Waals surface area (Å²) >= 11 is 0. The third kappa shape index (κ3) is 4.23. The number of nitrogens with zero attached hydrogens (tertiary/aromatic N) is 1. The van der Waals surface area contributed by atoms with Crippen molar-refractivity contribution in [3.8, 4) is 40.0 Å². The maximum atomic E-state index is 10.5. The first-order chi connectivity index (χ1) is 13.0. The lowest BCUT2D eigenvalue weighted by molar-refractivity contribution is 0.350. The van der Waals surface area contributed by atoms with Crippen LogP contribution in [0.25, 0.3) is 11.3 Å². The number of aromatic hydroxyl groups is 1. The Labute approximate surface area is 158 Å². The summed E-state index contributed by atoms with van der Waals surface area (Å²) in [7, 11) is 1.60. The van der Waals surface area contributed by atoms with Crippen LogP contribution < -0.4 is 14.2 Å². The summed E-state index contributed by atoms with van der Waals surface area (Å²) in [5.41, 5.74) is 2.70. The van der Waals surface area contributed by atoms with Gasteiger partial charge in [0.15, 0.2) is 5.75 Å². The zero-order chi connectivity index (χ0) is 19.4. The van der Waals surface area contributed by atoms with Crippen LogP contribution in [0.3, 0.4) is 0 Å². The van der Waals surface area contributed by atoms with Gasteiger partial charge in [0.2, 0.25) is 0 Å². The fourth-order valence-corrected chi connectivity index (χ4v) is 2.52. The predicted molar refractivity (Wildman–Crippen MR) is 104 cm³/mol. The SMILES string of the molecule is C=C(C)COc1ccc(-c2n[nH]c(C)c2Oc2cccc(OC)c2)c(O)c1. The molecule has 0 aliphatic rings. The Kier molecular flexibility index (Phi) is 5.35. The zero-order valence-electron chi connectivity index (χ0n) is 15.6. The molecule has 0 aliphatic heterocycles. The third-order valence-electron chi connectivity index (χ3n) is 3.86. The first-order valence-electron chi connectivity index (χ1n) is 8.45. The number of hydrogen-bond donors (Lipinski definition) is 2. The first-order valence-corrected chi connectivity index (χ1v) is 8.45. The Bertz CT molecular complexity index is 963. The number of aromatic amines is 1. The average molecular weight is 366 g/mol. The lowest BCUT2D eigenvalue weighted by Gasteiger charge is -2.11. The molecule has 0 saturated carbocycles. The molecule has 0 aliphatic carbocycles. The molecule has 2 N–H and O–H groups in total. The molecule has 0 bridgehead atoms. The summed E-state index contributed by atoms with van der Waals surface area (Å²) in [6.07, 6.45) is 0. The number of aromatic nitrogens is 2. The van der Waals surface area contributed by atoms with Gasteiger partial charge in [-0.2, -0.15) is 5.10 Å². The number of phenolic OH excluding ortho intramolecular Hbond substituents is 1. The molecular weight excluding hydrogens is 344 g/mol. The topological polar surface area (TPSA) is 76.6 Å². The molecule has 0 spiro atoms. The van der Waals surface area contributed by atoms with Gasteiger partial charge >= 0.3 is 0 Å². The van der Waals surface area contributed by atoms with Crippen LogP contribution in [0.15, 0.2) is 54.6 Å². The van der Waals surface area contributed by atoms with Crippen LogP contribution in [0.4, 0.5) is 0 Å². The lowest BCUT2D eigenvalue weighted by atomic mass is 10.1. The van der Waals surface area contributed by atoms with Crippen molar-refractivity contribution in [2.75, 3.05) is 13.7 Å². The molecule has 3 rings (SSSR count). The van der Waals surface area contributed by atoms with Crippen molar-refractivity contribution < 1.29 is 19.3 Å². The van der Waals surface area contributed by atoms with Gasteiger partial charge in [-0.25, -0.2) is 0 Å². The molecular formula is C21H22N2O4. The number of methoxy groups -OCH3 is 1. The Hall–Kier alpha value is -3.41. The highest BCUT2D eigenvalue weighted by atomic mass is 16.5. The van der Waals surface area contributed by atoms with Gasteiger partial charge in [-0.05, 0) is 43.7 Å². The fraction of sp³-hybridized carbons (Fsp3) is 0.190. The minimum absolute atomic E-state index is 0.0520. The van der Waals surface area contributed by atoms with Crippen LogP contribution in [-0.2, 0) is 0 Å². The van der Waals surface area contributed by atoms with E-state index in [0.29, 0.717) is 40.9 Å². The van der Waals surface area contributed by atoms with Crippen molar-refractivity contribution in [3.05, 3.63) is 60.3 Å². The van der Waals surface area contributed by atoms with E-state index in [1.807, 2.05) is 32.0 Å². The van der Waals surface area contributed by atoms with Gasteiger partial charge in [0.1, 0.15) is 35.3 Å². The van der Waals surface area contributed by atoms with Gasteiger partial charge < -0.3 is 19.3 Å². The van der Waals surface area contributed by atoms with E-state index in [1.54, 1.807) is 31.4 Å². The Morgan fingerprint density at radius 2 is 1.93 bits per heavy atom. The Balaban J connectivity index is 1.90. The molecule has 6 nitrogen and oxygen atoms in total. The van der Waals surface area contributed by atoms with Crippen molar-refractivity contribution >= 4 is 0 Å². The van der Waals surface area contributed by atoms with Crippen LogP contribution in [0.2, 0.25) is 0 Å². The van der Waals surface area contributed by atoms with Gasteiger partial charge in [-0.3, -0.25) is 5.10 Å². The first kappa shape index (κ1) is 18.4. The number of nitrogens with one attached hydrogen (secondary N) is 1. The van der Waals surface area contributed by atoms with Gasteiger partial charge in [-0.1, -0.05) is 12.6 Å². The highest BCUT2D eigenvalue weighted by Gasteiger charge is 2.18. The quantitative estimate of drug-likeness (QED) is 0.585. The van der Waals surface area contributed by atoms with E-state index in [4.69, 9.17) is 14.2 Å². The molecule has 0 atom stereocenters. The van der Waals surface area contributed by atoms with Crippen LogP contribution in [0.1, 0.15) is 12.6 Å². The predicted octanol–water partition coefficient (Wildman–Crippen LogP) is 4.85. The Morgan fingerprint density at radius 3 is 2.63 bits per heavy atom. The van der Waals surface area contributed by atoms with Gasteiger partial charge in [0, 0.05) is 17.7 Å². The van der Waals surface area contributed by atoms with Crippen molar-refractivity contribution in [1.82, 2.24) is 10.2 Å². The van der Waals surface area contributed by atoms with E-state index in [1.165, 1.54) is 0 Å². The lowest BCUT2D eigenvalue weighted by Crippen LogP contribution is -1.97. The molecule has 3 aromatic rings. The van der Waals surface area contributed by atoms with E-state index in [9.17, 15) is 5.11 Å². The molecule has 27 heavy (non-hydrogen) atoms. The van der Waals surface area contributed by atoms with E-state index < -0.39 is 0 Å². The van der Waals surface area contributed by atoms with E-state index in [0.717, 1.165) is 11.3 Å². The molecule has 6 heteroatoms. The smallest absolute Gasteiger partial charge is 0.176 e. The van der Waals surface area contributed by atoms with Crippen molar-refractivity contribution in [2.24, 2.45) is 0 Å². The molecule has 2 aromatic carbocycles. The summed E-state index contributed by atoms with van der Waals surface area (Å²) in [6, 6.07) is 12.4. The normalized spacial score (nSPS) is 10.5. The van der Waals surface area contributed by atoms with Crippen molar-refractivity contribution in [3.63, 3.8) is 0 Å². The molecule has 140 valence electrons. The van der Waals surface area contributed by atoms with Gasteiger partial charge in [-0.15, -0.1) is 0 Å². The van der Waals surface area contributed by atoms with E-state index >= 15 is 0 Å². The number of phenols is 1. The minimum Gasteiger partial charge on any atom is -0.507 e. The third-order valence-corrected chi connectivity index (χ3v) is 3.86. The molecule has 0 saturated heterocycles. The summed E-state index contributed by atoms with van der Waals surface area (Å²) in [6.45, 7) is 7.92. The minimum atomic E-state index is 0.0520. The number of aryl methyl sites for hydroxylation is 1. The standard InChI is InChI=1S/C21H22N2O4/c1-13(2)12-26-16-8-9-18(19(24)11-16)20-21(14(3)22-23-20)27-17-7-5-6-15(10-17)25-4/h5-11,24H,1,12H2,2-4H3,(H,22,23). The van der Waals surface area contributed by atoms with E-state index in [-0.39, 0.29) is 5.75 Å². The number of ether oxygens (including phenoxy) is 3. The second-order valence-electron chi connectivity index (χ2n) is 6.23. The number of H-pyrrole nitrogens is 1. The van der Waals surface area contributed by atoms with Crippen LogP contribution in [0.5, 0.6) is 28.7 Å². The fourth-order valence-electron chi connectivity index (χ4n) is 2.52. The summed E-state index contributed by atoms with van der Waals surface area (Å²) in [5, 5.41) is 17.7. The summed E-state index contributed by atoms with van der Waals surface area (Å²) < 4.78 is 16.8. The second-order valence-corrected chi connectivity index (χ2v) is 6.23. The molecule has 0 unspecified atom stereocenters. The highest BCUT2D eigenvalue weighted by Crippen LogP contribution is 2.40. The zero-order valence-corrected chi connectivity index (χ0v) is 15.6. The van der Waals surface area contributed by atoms with Crippen LogP contribution in [0, 0.1) is 6.92 Å². The molecule has 1 heterocycles. The molecule has 1 aromatic heterocycles.